The fourth-order valence-corrected chi connectivity index (χ4v) is 4.86. The zero-order valence-corrected chi connectivity index (χ0v) is 35.9. The lowest BCUT2D eigenvalue weighted by atomic mass is 10.3. The molecule has 6 N–H and O–H groups in total. The van der Waals surface area contributed by atoms with Crippen LogP contribution >= 0.6 is 17.0 Å². The van der Waals surface area contributed by atoms with Crippen LogP contribution in [0.1, 0.15) is 11.4 Å². The maximum absolute atomic E-state index is 9.22. The number of aliphatic hydroxyl groups is 4. The summed E-state index contributed by atoms with van der Waals surface area (Å²) in [7, 11) is 0. The monoisotopic (exact) mass is 946 g/mol. The van der Waals surface area contributed by atoms with Gasteiger partial charge in [-0.1, -0.05) is 36.4 Å². The molecule has 18 nitrogen and oxygen atoms in total. The van der Waals surface area contributed by atoms with Crippen LogP contribution in [0.5, 0.6) is 0 Å². The van der Waals surface area contributed by atoms with Crippen molar-refractivity contribution >= 4 is 34.8 Å². The summed E-state index contributed by atoms with van der Waals surface area (Å²) in [4.78, 5) is 8.40. The third-order valence-corrected chi connectivity index (χ3v) is 7.59. The summed E-state index contributed by atoms with van der Waals surface area (Å²) in [6.07, 6.45) is 12.2. The van der Waals surface area contributed by atoms with Crippen molar-refractivity contribution in [1.82, 2.24) is 23.7 Å². The molecule has 0 atom stereocenters. The number of hydrogen-bond donors (Lipinski definition) is 5. The van der Waals surface area contributed by atoms with Gasteiger partial charge in [0.25, 0.3) is 0 Å². The minimum absolute atomic E-state index is 0. The number of hydrogen-bond acceptors (Lipinski definition) is 13. The van der Waals surface area contributed by atoms with E-state index in [9.17, 15) is 10.2 Å². The summed E-state index contributed by atoms with van der Waals surface area (Å²) in [5, 5.41) is 64.7. The molecule has 0 aliphatic carbocycles. The van der Waals surface area contributed by atoms with Gasteiger partial charge in [-0.05, 0) is 71.8 Å². The Balaban J connectivity index is 0.000000341. The molecule has 0 spiro atoms. The molecule has 6 rings (SSSR count). The second-order valence-electron chi connectivity index (χ2n) is 11.6. The maximum Gasteiger partial charge on any atom is 0.350 e. The average molecular weight is 949 g/mol. The van der Waals surface area contributed by atoms with Crippen molar-refractivity contribution in [3.63, 3.8) is 0 Å². The van der Waals surface area contributed by atoms with E-state index in [1.54, 1.807) is 62.6 Å². The number of nitrogens with zero attached hydrogens (tertiary/aromatic N) is 13. The molecule has 6 aromatic rings. The van der Waals surface area contributed by atoms with Gasteiger partial charge in [0.1, 0.15) is 12.2 Å². The van der Waals surface area contributed by atoms with Gasteiger partial charge in [-0.25, -0.2) is 4.57 Å². The van der Waals surface area contributed by atoms with E-state index in [1.165, 1.54) is 0 Å². The topological polar surface area (TPSA) is 238 Å². The zero-order valence-electron chi connectivity index (χ0n) is 32.6. The van der Waals surface area contributed by atoms with Gasteiger partial charge < -0.3 is 57.0 Å². The molecular formula is C40H48Br2N14O4. The lowest BCUT2D eigenvalue weighted by Crippen LogP contribution is -3.00. The van der Waals surface area contributed by atoms with Crippen molar-refractivity contribution in [3.05, 3.63) is 174 Å². The highest BCUT2D eigenvalue weighted by Gasteiger charge is 2.11. The number of amidine groups is 1. The minimum Gasteiger partial charge on any atom is -1.00 e. The predicted molar refractivity (Wildman–Crippen MR) is 227 cm³/mol. The van der Waals surface area contributed by atoms with E-state index in [2.05, 4.69) is 45.7 Å². The molecule has 0 fully saturated rings. The summed E-state index contributed by atoms with van der Waals surface area (Å²) in [5.41, 5.74) is 3.21. The van der Waals surface area contributed by atoms with Gasteiger partial charge in [-0.15, -0.1) is 32.3 Å². The van der Waals surface area contributed by atoms with Crippen molar-refractivity contribution in [2.24, 2.45) is 41.6 Å². The normalized spacial score (nSPS) is 11.9. The highest BCUT2D eigenvalue weighted by Crippen LogP contribution is 2.07. The van der Waals surface area contributed by atoms with Crippen molar-refractivity contribution in [1.29, 1.82) is 0 Å². The summed E-state index contributed by atoms with van der Waals surface area (Å²) in [6.45, 7) is 1.98. The van der Waals surface area contributed by atoms with Crippen LogP contribution in [0.25, 0.3) is 0 Å². The Morgan fingerprint density at radius 3 is 1.73 bits per heavy atom. The lowest BCUT2D eigenvalue weighted by molar-refractivity contribution is -0.685. The van der Waals surface area contributed by atoms with Gasteiger partial charge >= 0.3 is 5.82 Å². The Morgan fingerprint density at radius 2 is 1.18 bits per heavy atom. The Morgan fingerprint density at radius 1 is 0.633 bits per heavy atom. The number of pyridine rings is 6. The third kappa shape index (κ3) is 17.4. The third-order valence-electron chi connectivity index (χ3n) is 7.59. The standard InChI is InChI=1S/C20H22N7O2.C13H14N4O.C7H11N3O.2BrH/c28-15-13-26-11-5-2-8-18(26)22-24-20(17-7-1-4-10-21-17)25-23-19-9-3-6-12-27(19)14-16-29;18-10-9-17-8-4-2-6-13(17)16-15-11-12-5-1-3-7-14-12;8-9-7-3-1-2-4-10(7)5-6-11;;/h1-12,28-29H,13-16H2;1-8,11,18H,9-10H2;1-4,11H,5-6,8H2;2*1H/q+1;;;;/p-1/b;15-11?,16-13+;9-7+;;. The van der Waals surface area contributed by atoms with Gasteiger partial charge in [-0.3, -0.25) is 9.97 Å². The fraction of sp³-hybridized carbons (Fsp3) is 0.200. The van der Waals surface area contributed by atoms with Crippen LogP contribution < -0.4 is 43.9 Å². The van der Waals surface area contributed by atoms with E-state index in [-0.39, 0.29) is 66.2 Å². The first-order valence-corrected chi connectivity index (χ1v) is 18.1. The van der Waals surface area contributed by atoms with E-state index in [4.69, 9.17) is 16.1 Å². The van der Waals surface area contributed by atoms with Gasteiger partial charge in [0.05, 0.1) is 49.6 Å². The molecule has 0 radical (unpaired) electrons. The molecule has 0 aromatic carbocycles. The fourth-order valence-electron chi connectivity index (χ4n) is 4.86. The van der Waals surface area contributed by atoms with Crippen molar-refractivity contribution in [2.75, 3.05) is 26.4 Å². The zero-order chi connectivity index (χ0) is 41.0. The van der Waals surface area contributed by atoms with E-state index >= 15 is 0 Å². The highest BCUT2D eigenvalue weighted by atomic mass is 79.9. The van der Waals surface area contributed by atoms with E-state index in [1.807, 2.05) is 108 Å². The summed E-state index contributed by atoms with van der Waals surface area (Å²) in [5.74, 6) is 5.91. The van der Waals surface area contributed by atoms with Gasteiger partial charge in [-0.2, -0.15) is 10.2 Å². The van der Waals surface area contributed by atoms with Crippen LogP contribution in [0.3, 0.4) is 0 Å². The van der Waals surface area contributed by atoms with Crippen LogP contribution in [0.4, 0.5) is 5.82 Å². The first kappa shape index (κ1) is 50.0. The molecule has 0 saturated heterocycles. The second kappa shape index (κ2) is 30.0. The Hall–Kier alpha value is -6.16. The first-order chi connectivity index (χ1) is 28.6. The van der Waals surface area contributed by atoms with E-state index in [0.29, 0.717) is 54.2 Å². The number of halogens is 2. The molecule has 6 heterocycles. The van der Waals surface area contributed by atoms with Crippen molar-refractivity contribution in [3.8, 4) is 0 Å². The Bertz CT molecular complexity index is 2410. The largest absolute Gasteiger partial charge is 1.00 e. The first-order valence-electron chi connectivity index (χ1n) is 18.1. The quantitative estimate of drug-likeness (QED) is 0.0238. The van der Waals surface area contributed by atoms with Crippen LogP contribution in [-0.4, -0.2) is 82.6 Å². The molecule has 0 aliphatic rings. The molecule has 0 unspecified atom stereocenters. The number of aromatic nitrogens is 6. The van der Waals surface area contributed by atoms with Crippen LogP contribution in [0, 0.1) is 0 Å². The number of nitrogens with two attached hydrogens (primary N) is 1. The van der Waals surface area contributed by atoms with E-state index in [0.717, 1.165) is 5.69 Å². The molecule has 0 saturated carbocycles. The molecule has 316 valence electrons. The smallest absolute Gasteiger partial charge is 0.350 e. The SMILES string of the molecule is Br.N/N=c1\ccccn1CCO.OCCn1cccc/c1=N\N=Cc1ccccn1.OCCn1ccccc1=NN=C(N=Nc1cccc[n+]1CCO)c1ccccn1.[Br-]. The Kier molecular flexibility index (Phi) is 25.0. The molecule has 0 amide bonds. The number of azo groups is 1. The Labute approximate surface area is 367 Å². The van der Waals surface area contributed by atoms with Crippen LogP contribution in [0.15, 0.2) is 182 Å². The van der Waals surface area contributed by atoms with Crippen molar-refractivity contribution < 1.29 is 42.0 Å². The summed E-state index contributed by atoms with van der Waals surface area (Å²) in [6, 6.07) is 33.1. The molecule has 0 aliphatic heterocycles. The van der Waals surface area contributed by atoms with E-state index < -0.39 is 0 Å². The number of rotatable bonds is 13. The molecular weight excluding hydrogens is 900 g/mol. The van der Waals surface area contributed by atoms with Gasteiger partial charge in [0.15, 0.2) is 16.5 Å². The molecule has 60 heavy (non-hydrogen) atoms. The van der Waals surface area contributed by atoms with Gasteiger partial charge in [0, 0.05) is 56.7 Å². The van der Waals surface area contributed by atoms with Crippen LogP contribution in [0.2, 0.25) is 0 Å². The van der Waals surface area contributed by atoms with Crippen molar-refractivity contribution in [2.45, 2.75) is 26.2 Å². The number of aliphatic hydroxyl groups excluding tert-OH is 4. The summed E-state index contributed by atoms with van der Waals surface area (Å²) >= 11 is 0. The maximum atomic E-state index is 9.22. The van der Waals surface area contributed by atoms with Crippen LogP contribution in [-0.2, 0) is 26.2 Å². The highest BCUT2D eigenvalue weighted by molar-refractivity contribution is 8.93. The predicted octanol–water partition coefficient (Wildman–Crippen LogP) is -1.15. The minimum atomic E-state index is -0.00736. The lowest BCUT2D eigenvalue weighted by Gasteiger charge is -2.03. The molecule has 0 bridgehead atoms. The average Bonchev–Trinajstić information content (AvgIpc) is 3.27. The summed E-state index contributed by atoms with van der Waals surface area (Å²) < 4.78 is 7.17. The van der Waals surface area contributed by atoms with Gasteiger partial charge in [0.2, 0.25) is 5.84 Å². The second-order valence-corrected chi connectivity index (χ2v) is 11.6. The molecule has 6 aromatic heterocycles. The molecule has 20 heteroatoms.